The first-order valence-electron chi connectivity index (χ1n) is 7.13. The van der Waals surface area contributed by atoms with Crippen LogP contribution in [0.3, 0.4) is 0 Å². The molecule has 0 aliphatic heterocycles. The van der Waals surface area contributed by atoms with Crippen LogP contribution in [-0.2, 0) is 9.53 Å². The molecule has 23 heavy (non-hydrogen) atoms. The van der Waals surface area contributed by atoms with Crippen LogP contribution in [0.4, 0.5) is 10.1 Å². The molecule has 0 saturated carbocycles. The summed E-state index contributed by atoms with van der Waals surface area (Å²) in [4.78, 5) is 24.2. The largest absolute Gasteiger partial charge is 0.465 e. The third-order valence-corrected chi connectivity index (χ3v) is 3.51. The van der Waals surface area contributed by atoms with Gasteiger partial charge in [0.25, 0.3) is 5.91 Å². The lowest BCUT2D eigenvalue weighted by molar-refractivity contribution is -0.123. The Labute approximate surface area is 133 Å². The Morgan fingerprint density at radius 2 is 1.91 bits per heavy atom. The van der Waals surface area contributed by atoms with Gasteiger partial charge >= 0.3 is 5.97 Å². The maximum Gasteiger partial charge on any atom is 0.342 e. The number of esters is 1. The van der Waals surface area contributed by atoms with Crippen LogP contribution in [-0.4, -0.2) is 18.0 Å². The van der Waals surface area contributed by atoms with E-state index in [9.17, 15) is 14.0 Å². The van der Waals surface area contributed by atoms with Crippen molar-refractivity contribution in [2.45, 2.75) is 33.8 Å². The summed E-state index contributed by atoms with van der Waals surface area (Å²) < 4.78 is 23.6. The van der Waals surface area contributed by atoms with E-state index in [1.165, 1.54) is 25.1 Å². The average molecular weight is 319 g/mol. The Morgan fingerprint density at radius 1 is 1.22 bits per heavy atom. The minimum atomic E-state index is -1.03. The second-order valence-electron chi connectivity index (χ2n) is 5.26. The summed E-state index contributed by atoms with van der Waals surface area (Å²) in [5, 5.41) is 2.49. The summed E-state index contributed by atoms with van der Waals surface area (Å²) in [6.07, 6.45) is -1.03. The van der Waals surface area contributed by atoms with Crippen molar-refractivity contribution in [3.63, 3.8) is 0 Å². The van der Waals surface area contributed by atoms with Gasteiger partial charge in [0.1, 0.15) is 22.9 Å². The summed E-state index contributed by atoms with van der Waals surface area (Å²) >= 11 is 0. The zero-order chi connectivity index (χ0) is 17.1. The van der Waals surface area contributed by atoms with Crippen LogP contribution in [0.2, 0.25) is 0 Å². The summed E-state index contributed by atoms with van der Waals surface area (Å²) in [6, 6.07) is 5.47. The lowest BCUT2D eigenvalue weighted by atomic mass is 10.1. The molecule has 1 atom stereocenters. The molecule has 0 radical (unpaired) electrons. The molecule has 5 nitrogen and oxygen atoms in total. The van der Waals surface area contributed by atoms with Gasteiger partial charge in [-0.2, -0.15) is 0 Å². The standard InChI is InChI=1S/C17H18FNO4/c1-9-10(2)22-11(3)15(9)17(21)23-12(4)16(20)19-14-7-5-6-13(18)8-14/h5-8,12H,1-4H3,(H,19,20)/t12-/m0/s1. The Morgan fingerprint density at radius 3 is 2.48 bits per heavy atom. The van der Waals surface area contributed by atoms with Crippen LogP contribution in [0.15, 0.2) is 28.7 Å². The van der Waals surface area contributed by atoms with E-state index in [4.69, 9.17) is 9.15 Å². The molecule has 0 bridgehead atoms. The maximum absolute atomic E-state index is 13.1. The SMILES string of the molecule is Cc1oc(C)c(C(=O)O[C@@H](C)C(=O)Nc2cccc(F)c2)c1C. The van der Waals surface area contributed by atoms with E-state index in [1.54, 1.807) is 26.8 Å². The van der Waals surface area contributed by atoms with Gasteiger partial charge in [-0.05, 0) is 45.9 Å². The Kier molecular flexibility index (Phi) is 4.83. The van der Waals surface area contributed by atoms with Crippen LogP contribution in [0.1, 0.15) is 34.4 Å². The number of amides is 1. The van der Waals surface area contributed by atoms with E-state index in [2.05, 4.69) is 5.32 Å². The van der Waals surface area contributed by atoms with Crippen LogP contribution in [0.25, 0.3) is 0 Å². The zero-order valence-corrected chi connectivity index (χ0v) is 13.4. The van der Waals surface area contributed by atoms with Crippen molar-refractivity contribution in [1.82, 2.24) is 0 Å². The van der Waals surface area contributed by atoms with E-state index in [0.717, 1.165) is 0 Å². The monoisotopic (exact) mass is 319 g/mol. The van der Waals surface area contributed by atoms with Crippen LogP contribution >= 0.6 is 0 Å². The lowest BCUT2D eigenvalue weighted by Gasteiger charge is -2.13. The molecular weight excluding hydrogens is 301 g/mol. The lowest BCUT2D eigenvalue weighted by Crippen LogP contribution is -2.30. The zero-order valence-electron chi connectivity index (χ0n) is 13.4. The third-order valence-electron chi connectivity index (χ3n) is 3.51. The normalized spacial score (nSPS) is 11.9. The van der Waals surface area contributed by atoms with E-state index in [-0.39, 0.29) is 0 Å². The number of aryl methyl sites for hydroxylation is 2. The van der Waals surface area contributed by atoms with Crippen molar-refractivity contribution in [1.29, 1.82) is 0 Å². The fourth-order valence-corrected chi connectivity index (χ4v) is 2.18. The molecule has 1 heterocycles. The number of hydrogen-bond donors (Lipinski definition) is 1. The Bertz CT molecular complexity index is 751. The minimum absolute atomic E-state index is 0.296. The van der Waals surface area contributed by atoms with Gasteiger partial charge in [-0.3, -0.25) is 4.79 Å². The summed E-state index contributed by atoms with van der Waals surface area (Å²) in [5.41, 5.74) is 1.31. The number of benzene rings is 1. The molecular formula is C17H18FNO4. The summed E-state index contributed by atoms with van der Waals surface area (Å²) in [6.45, 7) is 6.61. The highest BCUT2D eigenvalue weighted by Crippen LogP contribution is 2.22. The second-order valence-corrected chi connectivity index (χ2v) is 5.26. The van der Waals surface area contributed by atoms with Crippen molar-refractivity contribution in [2.24, 2.45) is 0 Å². The molecule has 1 aromatic carbocycles. The van der Waals surface area contributed by atoms with Gasteiger partial charge in [-0.15, -0.1) is 0 Å². The topological polar surface area (TPSA) is 68.5 Å². The van der Waals surface area contributed by atoms with Gasteiger partial charge in [0.15, 0.2) is 6.10 Å². The van der Waals surface area contributed by atoms with Gasteiger partial charge in [-0.1, -0.05) is 6.07 Å². The maximum atomic E-state index is 13.1. The van der Waals surface area contributed by atoms with E-state index in [0.29, 0.717) is 28.3 Å². The first-order valence-corrected chi connectivity index (χ1v) is 7.13. The Hall–Kier alpha value is -2.63. The van der Waals surface area contributed by atoms with Gasteiger partial charge in [0.05, 0.1) is 0 Å². The number of anilines is 1. The summed E-state index contributed by atoms with van der Waals surface area (Å²) in [5.74, 6) is -0.556. The van der Waals surface area contributed by atoms with Gasteiger partial charge in [0, 0.05) is 11.3 Å². The molecule has 122 valence electrons. The predicted molar refractivity (Wildman–Crippen MR) is 82.8 cm³/mol. The molecule has 1 amide bonds. The van der Waals surface area contributed by atoms with Gasteiger partial charge < -0.3 is 14.5 Å². The number of nitrogens with one attached hydrogen (secondary N) is 1. The smallest absolute Gasteiger partial charge is 0.342 e. The number of carbonyl (C=O) groups is 2. The molecule has 1 N–H and O–H groups in total. The average Bonchev–Trinajstić information content (AvgIpc) is 2.71. The Balaban J connectivity index is 2.04. The van der Waals surface area contributed by atoms with E-state index < -0.39 is 23.8 Å². The molecule has 0 spiro atoms. The van der Waals surface area contributed by atoms with Crippen molar-refractivity contribution in [3.05, 3.63) is 52.7 Å². The summed E-state index contributed by atoms with van der Waals surface area (Å²) in [7, 11) is 0. The molecule has 6 heteroatoms. The third kappa shape index (κ3) is 3.77. The number of furan rings is 1. The number of hydrogen-bond acceptors (Lipinski definition) is 4. The van der Waals surface area contributed by atoms with Crippen LogP contribution in [0, 0.1) is 26.6 Å². The quantitative estimate of drug-likeness (QED) is 0.875. The first kappa shape index (κ1) is 16.7. The molecule has 0 unspecified atom stereocenters. The molecule has 2 rings (SSSR count). The molecule has 0 fully saturated rings. The highest BCUT2D eigenvalue weighted by Gasteiger charge is 2.24. The first-order chi connectivity index (χ1) is 10.8. The van der Waals surface area contributed by atoms with Crippen LogP contribution < -0.4 is 5.32 Å². The highest BCUT2D eigenvalue weighted by atomic mass is 19.1. The van der Waals surface area contributed by atoms with Crippen molar-refractivity contribution < 1.29 is 23.1 Å². The number of carbonyl (C=O) groups excluding carboxylic acids is 2. The van der Waals surface area contributed by atoms with Gasteiger partial charge in [-0.25, -0.2) is 9.18 Å². The molecule has 0 aliphatic carbocycles. The van der Waals surface area contributed by atoms with E-state index >= 15 is 0 Å². The molecule has 0 saturated heterocycles. The fraction of sp³-hybridized carbons (Fsp3) is 0.294. The fourth-order valence-electron chi connectivity index (χ4n) is 2.18. The van der Waals surface area contributed by atoms with Gasteiger partial charge in [0.2, 0.25) is 0 Å². The number of rotatable bonds is 4. The molecule has 0 aliphatic rings. The molecule has 2 aromatic rings. The number of halogens is 1. The molecule has 1 aromatic heterocycles. The van der Waals surface area contributed by atoms with Crippen molar-refractivity contribution in [3.8, 4) is 0 Å². The van der Waals surface area contributed by atoms with Crippen molar-refractivity contribution >= 4 is 17.6 Å². The second kappa shape index (κ2) is 6.64. The van der Waals surface area contributed by atoms with Crippen molar-refractivity contribution in [2.75, 3.05) is 5.32 Å². The van der Waals surface area contributed by atoms with E-state index in [1.807, 2.05) is 0 Å². The minimum Gasteiger partial charge on any atom is -0.465 e. The number of ether oxygens (including phenoxy) is 1. The predicted octanol–water partition coefficient (Wildman–Crippen LogP) is 3.53. The van der Waals surface area contributed by atoms with Crippen LogP contribution in [0.5, 0.6) is 0 Å². The highest BCUT2D eigenvalue weighted by molar-refractivity contribution is 5.98.